The monoisotopic (exact) mass is 378 g/mol. The van der Waals surface area contributed by atoms with Gasteiger partial charge in [-0.2, -0.15) is 0 Å². The van der Waals surface area contributed by atoms with Gasteiger partial charge in [0.2, 0.25) is 0 Å². The molecule has 0 N–H and O–H groups in total. The number of hydrogen-bond acceptors (Lipinski definition) is 6. The molecule has 0 unspecified atom stereocenters. The van der Waals surface area contributed by atoms with Gasteiger partial charge < -0.3 is 14.6 Å². The molecule has 5 nitrogen and oxygen atoms in total. The molecule has 0 bridgehead atoms. The summed E-state index contributed by atoms with van der Waals surface area (Å²) in [4.78, 5) is 25.6. The maximum atomic E-state index is 12.6. The molecule has 1 amide bonds. The van der Waals surface area contributed by atoms with E-state index in [9.17, 15) is 14.7 Å². The Labute approximate surface area is 157 Å². The number of aliphatic carboxylic acids is 1. The van der Waals surface area contributed by atoms with Crippen molar-refractivity contribution in [2.45, 2.75) is 33.2 Å². The molecule has 0 saturated carbocycles. The predicted molar refractivity (Wildman–Crippen MR) is 101 cm³/mol. The van der Waals surface area contributed by atoms with Crippen LogP contribution in [-0.4, -0.2) is 33.7 Å². The molecule has 0 spiro atoms. The Morgan fingerprint density at radius 1 is 1.36 bits per heavy atom. The van der Waals surface area contributed by atoms with Crippen LogP contribution in [-0.2, 0) is 9.59 Å². The highest BCUT2D eigenvalue weighted by Gasteiger charge is 2.38. The number of ether oxygens (including phenoxy) is 1. The lowest BCUT2D eigenvalue weighted by Crippen LogP contribution is -2.52. The average molecular weight is 378 g/mol. The number of carboxylic acids is 1. The number of carbonyl (C=O) groups is 2. The molecule has 25 heavy (non-hydrogen) atoms. The van der Waals surface area contributed by atoms with E-state index in [-0.39, 0.29) is 10.2 Å². The van der Waals surface area contributed by atoms with E-state index in [2.05, 4.69) is 0 Å². The molecular formula is C18H20NO4S2-. The van der Waals surface area contributed by atoms with Crippen LogP contribution in [0, 0.1) is 5.92 Å². The Morgan fingerprint density at radius 2 is 2.00 bits per heavy atom. The fourth-order valence-corrected chi connectivity index (χ4v) is 3.76. The summed E-state index contributed by atoms with van der Waals surface area (Å²) in [7, 11) is 0. The zero-order chi connectivity index (χ0) is 18.6. The zero-order valence-corrected chi connectivity index (χ0v) is 16.0. The lowest BCUT2D eigenvalue weighted by atomic mass is 10.0. The van der Waals surface area contributed by atoms with Crippen LogP contribution in [0.15, 0.2) is 29.2 Å². The summed E-state index contributed by atoms with van der Waals surface area (Å²) < 4.78 is 5.76. The van der Waals surface area contributed by atoms with Crippen LogP contribution >= 0.6 is 24.0 Å². The molecule has 1 aromatic carbocycles. The van der Waals surface area contributed by atoms with E-state index in [0.29, 0.717) is 11.5 Å². The summed E-state index contributed by atoms with van der Waals surface area (Å²) in [6, 6.07) is 6.29. The minimum atomic E-state index is -1.30. The van der Waals surface area contributed by atoms with E-state index in [0.717, 1.165) is 34.4 Å². The Kier molecular flexibility index (Phi) is 6.61. The molecule has 7 heteroatoms. The smallest absolute Gasteiger partial charge is 0.266 e. The fourth-order valence-electron chi connectivity index (χ4n) is 2.43. The Hall–Kier alpha value is -1.86. The van der Waals surface area contributed by atoms with E-state index < -0.39 is 17.9 Å². The summed E-state index contributed by atoms with van der Waals surface area (Å²) >= 11 is 6.31. The molecule has 1 atom stereocenters. The van der Waals surface area contributed by atoms with Crippen LogP contribution in [0.5, 0.6) is 5.75 Å². The van der Waals surface area contributed by atoms with Crippen molar-refractivity contribution in [3.8, 4) is 5.75 Å². The highest BCUT2D eigenvalue weighted by atomic mass is 32.2. The summed E-state index contributed by atoms with van der Waals surface area (Å²) in [6.07, 6.45) is 2.63. The molecule has 2 rings (SSSR count). The largest absolute Gasteiger partial charge is 0.548 e. The van der Waals surface area contributed by atoms with Crippen LogP contribution in [0.4, 0.5) is 0 Å². The Balaban J connectivity index is 2.20. The second-order valence-corrected chi connectivity index (χ2v) is 7.65. The van der Waals surface area contributed by atoms with Crippen molar-refractivity contribution in [2.24, 2.45) is 5.92 Å². The van der Waals surface area contributed by atoms with Crippen molar-refractivity contribution in [3.05, 3.63) is 34.7 Å². The maximum Gasteiger partial charge on any atom is 0.266 e. The first-order valence-corrected chi connectivity index (χ1v) is 9.28. The molecule has 1 heterocycles. The van der Waals surface area contributed by atoms with Crippen LogP contribution in [0.1, 0.15) is 32.8 Å². The standard InChI is InChI=1S/C18H21NO4S2/c1-4-9-23-13-7-5-12(6-8-13)10-14-16(20)19(18(24)25-14)15(11(2)3)17(21)22/h5-8,10-11,15H,4,9H2,1-3H3,(H,21,22)/p-1/b14-10-/t15-/m1/s1. The van der Waals surface area contributed by atoms with Gasteiger partial charge in [-0.3, -0.25) is 9.69 Å². The summed E-state index contributed by atoms with van der Waals surface area (Å²) in [5.74, 6) is -1.24. The Bertz CT molecular complexity index is 698. The van der Waals surface area contributed by atoms with Gasteiger partial charge in [-0.1, -0.05) is 56.9 Å². The number of hydrogen-bond donors (Lipinski definition) is 0. The van der Waals surface area contributed by atoms with Crippen molar-refractivity contribution in [3.63, 3.8) is 0 Å². The summed E-state index contributed by atoms with van der Waals surface area (Å²) in [5, 5.41) is 11.4. The molecule has 0 aliphatic carbocycles. The zero-order valence-electron chi connectivity index (χ0n) is 14.4. The van der Waals surface area contributed by atoms with Gasteiger partial charge in [-0.05, 0) is 36.1 Å². The first kappa shape index (κ1) is 19.5. The molecule has 1 aliphatic heterocycles. The van der Waals surface area contributed by atoms with Crippen LogP contribution in [0.3, 0.4) is 0 Å². The van der Waals surface area contributed by atoms with E-state index in [1.54, 1.807) is 19.9 Å². The summed E-state index contributed by atoms with van der Waals surface area (Å²) in [6.45, 7) is 6.13. The number of carboxylic acid groups (broad SMARTS) is 1. The third kappa shape index (κ3) is 4.61. The third-order valence-corrected chi connectivity index (χ3v) is 4.96. The molecule has 1 fully saturated rings. The molecule has 1 aliphatic rings. The van der Waals surface area contributed by atoms with Crippen LogP contribution < -0.4 is 9.84 Å². The number of nitrogens with zero attached hydrogens (tertiary/aromatic N) is 1. The normalized spacial score (nSPS) is 17.4. The first-order chi connectivity index (χ1) is 11.8. The van der Waals surface area contributed by atoms with Crippen molar-refractivity contribution in [1.82, 2.24) is 4.90 Å². The topological polar surface area (TPSA) is 69.7 Å². The number of amides is 1. The van der Waals surface area contributed by atoms with Gasteiger partial charge in [0.1, 0.15) is 10.1 Å². The third-order valence-electron chi connectivity index (χ3n) is 3.63. The number of carbonyl (C=O) groups excluding carboxylic acids is 2. The second kappa shape index (κ2) is 8.49. The van der Waals surface area contributed by atoms with E-state index >= 15 is 0 Å². The maximum absolute atomic E-state index is 12.6. The van der Waals surface area contributed by atoms with Gasteiger partial charge in [0, 0.05) is 0 Å². The lowest BCUT2D eigenvalue weighted by molar-refractivity contribution is -0.311. The van der Waals surface area contributed by atoms with Crippen molar-refractivity contribution in [2.75, 3.05) is 6.61 Å². The summed E-state index contributed by atoms with van der Waals surface area (Å²) in [5.41, 5.74) is 0.818. The van der Waals surface area contributed by atoms with Crippen LogP contribution in [0.25, 0.3) is 6.08 Å². The quantitative estimate of drug-likeness (QED) is 0.536. The fraction of sp³-hybridized carbons (Fsp3) is 0.389. The first-order valence-electron chi connectivity index (χ1n) is 8.06. The second-order valence-electron chi connectivity index (χ2n) is 5.98. The molecule has 0 radical (unpaired) electrons. The van der Waals surface area contributed by atoms with Gasteiger partial charge in [-0.15, -0.1) is 0 Å². The minimum Gasteiger partial charge on any atom is -0.548 e. The number of rotatable bonds is 7. The highest BCUT2D eigenvalue weighted by Crippen LogP contribution is 2.35. The van der Waals surface area contributed by atoms with Gasteiger partial charge in [0.25, 0.3) is 5.91 Å². The molecule has 1 saturated heterocycles. The SMILES string of the molecule is CCCOc1ccc(/C=C2\SC(=S)N([C@@H](C(=O)[O-])C(C)C)C2=O)cc1. The minimum absolute atomic E-state index is 0.238. The predicted octanol–water partition coefficient (Wildman–Crippen LogP) is 2.45. The molecule has 0 aromatic heterocycles. The molecular weight excluding hydrogens is 358 g/mol. The van der Waals surface area contributed by atoms with E-state index in [1.165, 1.54) is 0 Å². The van der Waals surface area contributed by atoms with Gasteiger partial charge in [0.05, 0.1) is 23.5 Å². The number of thioether (sulfide) groups is 1. The van der Waals surface area contributed by atoms with Gasteiger partial charge >= 0.3 is 0 Å². The number of thiocarbonyl (C=S) groups is 1. The van der Waals surface area contributed by atoms with Crippen molar-refractivity contribution in [1.29, 1.82) is 0 Å². The van der Waals surface area contributed by atoms with Crippen molar-refractivity contribution < 1.29 is 19.4 Å². The lowest BCUT2D eigenvalue weighted by Gasteiger charge is -2.30. The molecule has 1 aromatic rings. The van der Waals surface area contributed by atoms with Gasteiger partial charge in [0.15, 0.2) is 0 Å². The Morgan fingerprint density at radius 3 is 2.52 bits per heavy atom. The van der Waals surface area contributed by atoms with E-state index in [1.807, 2.05) is 31.2 Å². The molecule has 134 valence electrons. The van der Waals surface area contributed by atoms with Crippen LogP contribution in [0.2, 0.25) is 0 Å². The average Bonchev–Trinajstić information content (AvgIpc) is 2.81. The van der Waals surface area contributed by atoms with Crippen molar-refractivity contribution >= 4 is 46.3 Å². The van der Waals surface area contributed by atoms with E-state index in [4.69, 9.17) is 17.0 Å². The highest BCUT2D eigenvalue weighted by molar-refractivity contribution is 8.26. The number of benzene rings is 1. The van der Waals surface area contributed by atoms with Gasteiger partial charge in [-0.25, -0.2) is 0 Å².